The second-order valence-corrected chi connectivity index (χ2v) is 6.80. The fraction of sp³-hybridized carbons (Fsp3) is 0.538. The second-order valence-electron chi connectivity index (χ2n) is 4.70. The number of hydrogen-bond donors (Lipinski definition) is 2. The molecule has 4 heteroatoms. The number of benzene rings is 1. The van der Waals surface area contributed by atoms with E-state index >= 15 is 0 Å². The molecule has 17 heavy (non-hydrogen) atoms. The zero-order valence-electron chi connectivity index (χ0n) is 9.97. The van der Waals surface area contributed by atoms with Crippen LogP contribution in [0.3, 0.4) is 0 Å². The SMILES string of the molecule is CC(CC1CCCN1)Nc1cc(I)ccc1Br. The Morgan fingerprint density at radius 3 is 3.12 bits per heavy atom. The van der Waals surface area contributed by atoms with Crippen molar-refractivity contribution >= 4 is 44.2 Å². The maximum atomic E-state index is 3.59. The molecule has 2 unspecified atom stereocenters. The van der Waals surface area contributed by atoms with Crippen LogP contribution in [-0.2, 0) is 0 Å². The average molecular weight is 409 g/mol. The van der Waals surface area contributed by atoms with Crippen molar-refractivity contribution in [1.82, 2.24) is 5.32 Å². The van der Waals surface area contributed by atoms with Gasteiger partial charge in [0.15, 0.2) is 0 Å². The smallest absolute Gasteiger partial charge is 0.0497 e. The molecular weight excluding hydrogens is 391 g/mol. The minimum atomic E-state index is 0.500. The summed E-state index contributed by atoms with van der Waals surface area (Å²) in [6.07, 6.45) is 3.84. The first kappa shape index (κ1) is 13.6. The zero-order valence-corrected chi connectivity index (χ0v) is 13.7. The molecule has 0 saturated carbocycles. The molecule has 1 saturated heterocycles. The quantitative estimate of drug-likeness (QED) is 0.736. The predicted octanol–water partition coefficient (Wildman–Crippen LogP) is 4.00. The summed E-state index contributed by atoms with van der Waals surface area (Å²) in [5, 5.41) is 7.13. The first-order valence-corrected chi connectivity index (χ1v) is 7.97. The van der Waals surface area contributed by atoms with E-state index in [0.29, 0.717) is 12.1 Å². The van der Waals surface area contributed by atoms with Gasteiger partial charge in [0.2, 0.25) is 0 Å². The summed E-state index contributed by atoms with van der Waals surface area (Å²) in [6, 6.07) is 7.59. The Kier molecular flexibility index (Phi) is 5.11. The van der Waals surface area contributed by atoms with Crippen molar-refractivity contribution in [2.24, 2.45) is 0 Å². The highest BCUT2D eigenvalue weighted by molar-refractivity contribution is 14.1. The second kappa shape index (κ2) is 6.38. The molecule has 0 radical (unpaired) electrons. The van der Waals surface area contributed by atoms with E-state index in [2.05, 4.69) is 74.3 Å². The fourth-order valence-corrected chi connectivity index (χ4v) is 3.17. The molecule has 2 atom stereocenters. The van der Waals surface area contributed by atoms with Gasteiger partial charge in [-0.05, 0) is 89.5 Å². The van der Waals surface area contributed by atoms with Crippen molar-refractivity contribution in [3.05, 3.63) is 26.2 Å². The van der Waals surface area contributed by atoms with Gasteiger partial charge in [-0.1, -0.05) is 0 Å². The normalized spacial score (nSPS) is 21.5. The van der Waals surface area contributed by atoms with Crippen LogP contribution < -0.4 is 10.6 Å². The summed E-state index contributed by atoms with van der Waals surface area (Å²) in [5.74, 6) is 0. The molecule has 1 aliphatic rings. The van der Waals surface area contributed by atoms with Crippen molar-refractivity contribution in [2.45, 2.75) is 38.3 Å². The van der Waals surface area contributed by atoms with Crippen LogP contribution in [0.25, 0.3) is 0 Å². The number of rotatable bonds is 4. The van der Waals surface area contributed by atoms with Crippen molar-refractivity contribution in [3.8, 4) is 0 Å². The molecule has 1 heterocycles. The van der Waals surface area contributed by atoms with E-state index in [1.165, 1.54) is 35.1 Å². The van der Waals surface area contributed by atoms with Crippen LogP contribution in [0.5, 0.6) is 0 Å². The maximum Gasteiger partial charge on any atom is 0.0497 e. The lowest BCUT2D eigenvalue weighted by Crippen LogP contribution is -2.29. The lowest BCUT2D eigenvalue weighted by atomic mass is 10.1. The lowest BCUT2D eigenvalue weighted by Gasteiger charge is -2.20. The van der Waals surface area contributed by atoms with E-state index in [9.17, 15) is 0 Å². The molecule has 0 bridgehead atoms. The van der Waals surface area contributed by atoms with E-state index in [1.54, 1.807) is 0 Å². The van der Waals surface area contributed by atoms with Gasteiger partial charge in [0.25, 0.3) is 0 Å². The number of anilines is 1. The van der Waals surface area contributed by atoms with Gasteiger partial charge in [-0.2, -0.15) is 0 Å². The Morgan fingerprint density at radius 1 is 1.59 bits per heavy atom. The van der Waals surface area contributed by atoms with Gasteiger partial charge in [0, 0.05) is 25.8 Å². The summed E-state index contributed by atoms with van der Waals surface area (Å²) < 4.78 is 2.41. The van der Waals surface area contributed by atoms with E-state index in [4.69, 9.17) is 0 Å². The van der Waals surface area contributed by atoms with Gasteiger partial charge >= 0.3 is 0 Å². The summed E-state index contributed by atoms with van der Waals surface area (Å²) >= 11 is 5.94. The number of nitrogens with one attached hydrogen (secondary N) is 2. The number of halogens is 2. The van der Waals surface area contributed by atoms with E-state index in [0.717, 1.165) is 4.47 Å². The third kappa shape index (κ3) is 4.10. The lowest BCUT2D eigenvalue weighted by molar-refractivity contribution is 0.523. The molecule has 2 nitrogen and oxygen atoms in total. The first-order valence-electron chi connectivity index (χ1n) is 6.10. The molecule has 1 aliphatic heterocycles. The molecule has 0 aliphatic carbocycles. The topological polar surface area (TPSA) is 24.1 Å². The molecule has 0 aromatic heterocycles. The third-order valence-corrected chi connectivity index (χ3v) is 4.49. The van der Waals surface area contributed by atoms with Crippen LogP contribution in [0.2, 0.25) is 0 Å². The van der Waals surface area contributed by atoms with Gasteiger partial charge in [-0.3, -0.25) is 0 Å². The Hall–Kier alpha value is 0.190. The van der Waals surface area contributed by atoms with Crippen molar-refractivity contribution in [1.29, 1.82) is 0 Å². The summed E-state index contributed by atoms with van der Waals surface area (Å²) in [4.78, 5) is 0. The highest BCUT2D eigenvalue weighted by atomic mass is 127. The Morgan fingerprint density at radius 2 is 2.41 bits per heavy atom. The van der Waals surface area contributed by atoms with Gasteiger partial charge in [-0.15, -0.1) is 0 Å². The first-order chi connectivity index (χ1) is 8.15. The average Bonchev–Trinajstić information content (AvgIpc) is 2.76. The minimum Gasteiger partial charge on any atom is -0.382 e. The van der Waals surface area contributed by atoms with Crippen LogP contribution in [0.1, 0.15) is 26.2 Å². The molecule has 2 rings (SSSR count). The molecule has 0 amide bonds. The third-order valence-electron chi connectivity index (χ3n) is 3.13. The van der Waals surface area contributed by atoms with Crippen molar-refractivity contribution in [2.75, 3.05) is 11.9 Å². The van der Waals surface area contributed by atoms with Crippen LogP contribution >= 0.6 is 38.5 Å². The standard InChI is InChI=1S/C13H18BrIN2/c1-9(7-11-3-2-6-16-11)17-13-8-10(15)4-5-12(13)14/h4-5,8-9,11,16-17H,2-3,6-7H2,1H3. The van der Waals surface area contributed by atoms with Gasteiger partial charge in [0.1, 0.15) is 0 Å². The maximum absolute atomic E-state index is 3.59. The highest BCUT2D eigenvalue weighted by Crippen LogP contribution is 2.26. The largest absolute Gasteiger partial charge is 0.382 e. The van der Waals surface area contributed by atoms with Gasteiger partial charge in [0.05, 0.1) is 0 Å². The van der Waals surface area contributed by atoms with Crippen molar-refractivity contribution in [3.63, 3.8) is 0 Å². The fourth-order valence-electron chi connectivity index (χ4n) is 2.32. The molecule has 1 aromatic rings. The van der Waals surface area contributed by atoms with Gasteiger partial charge < -0.3 is 10.6 Å². The Balaban J connectivity index is 1.92. The van der Waals surface area contributed by atoms with Gasteiger partial charge in [-0.25, -0.2) is 0 Å². The Bertz CT molecular complexity index is 378. The molecule has 1 aromatic carbocycles. The highest BCUT2D eigenvalue weighted by Gasteiger charge is 2.17. The molecule has 1 fully saturated rings. The van der Waals surface area contributed by atoms with Crippen LogP contribution in [0.15, 0.2) is 22.7 Å². The zero-order chi connectivity index (χ0) is 12.3. The van der Waals surface area contributed by atoms with Crippen LogP contribution in [0, 0.1) is 3.57 Å². The monoisotopic (exact) mass is 408 g/mol. The van der Waals surface area contributed by atoms with E-state index in [1.807, 2.05) is 0 Å². The molecule has 94 valence electrons. The Labute approximate surface area is 125 Å². The molecule has 2 N–H and O–H groups in total. The summed E-state index contributed by atoms with van der Waals surface area (Å²) in [6.45, 7) is 3.44. The van der Waals surface area contributed by atoms with Crippen LogP contribution in [0.4, 0.5) is 5.69 Å². The minimum absolute atomic E-state index is 0.500. The summed E-state index contributed by atoms with van der Waals surface area (Å²) in [5.41, 5.74) is 1.20. The van der Waals surface area contributed by atoms with Crippen LogP contribution in [-0.4, -0.2) is 18.6 Å². The molecular formula is C13H18BrIN2. The van der Waals surface area contributed by atoms with E-state index < -0.39 is 0 Å². The van der Waals surface area contributed by atoms with Crippen molar-refractivity contribution < 1.29 is 0 Å². The predicted molar refractivity (Wildman–Crippen MR) is 85.6 cm³/mol. The number of hydrogen-bond acceptors (Lipinski definition) is 2. The molecule has 0 spiro atoms. The summed E-state index contributed by atoms with van der Waals surface area (Å²) in [7, 11) is 0. The van der Waals surface area contributed by atoms with E-state index in [-0.39, 0.29) is 0 Å².